The van der Waals surface area contributed by atoms with Gasteiger partial charge in [-0.1, -0.05) is 12.1 Å². The predicted molar refractivity (Wildman–Crippen MR) is 76.1 cm³/mol. The summed E-state index contributed by atoms with van der Waals surface area (Å²) in [5.74, 6) is -0.119. The van der Waals surface area contributed by atoms with Crippen LogP contribution in [-0.2, 0) is 6.54 Å². The molecular formula is C15H17N3O. The fraction of sp³-hybridized carbons (Fsp3) is 0.200. The van der Waals surface area contributed by atoms with Crippen molar-refractivity contribution in [1.82, 2.24) is 10.3 Å². The van der Waals surface area contributed by atoms with Crippen LogP contribution in [0.4, 0.5) is 5.69 Å². The third-order valence-corrected chi connectivity index (χ3v) is 2.75. The lowest BCUT2D eigenvalue weighted by Gasteiger charge is -2.07. The summed E-state index contributed by atoms with van der Waals surface area (Å²) in [5, 5.41) is 5.95. The van der Waals surface area contributed by atoms with Crippen molar-refractivity contribution in [2.75, 3.05) is 12.4 Å². The highest BCUT2D eigenvalue weighted by Crippen LogP contribution is 2.11. The summed E-state index contributed by atoms with van der Waals surface area (Å²) in [6.07, 6.45) is 1.64. The monoisotopic (exact) mass is 255 g/mol. The molecule has 1 aromatic carbocycles. The summed E-state index contributed by atoms with van der Waals surface area (Å²) in [6.45, 7) is 2.68. The van der Waals surface area contributed by atoms with E-state index in [-0.39, 0.29) is 5.91 Å². The molecule has 0 spiro atoms. The lowest BCUT2D eigenvalue weighted by Crippen LogP contribution is -2.12. The van der Waals surface area contributed by atoms with Crippen molar-refractivity contribution in [3.8, 4) is 0 Å². The molecule has 0 bridgehead atoms. The minimum atomic E-state index is -0.119. The van der Waals surface area contributed by atoms with Gasteiger partial charge in [0.15, 0.2) is 0 Å². The summed E-state index contributed by atoms with van der Waals surface area (Å²) >= 11 is 0. The number of carbonyl (C=O) groups is 1. The zero-order valence-electron chi connectivity index (χ0n) is 11.1. The molecule has 4 heteroatoms. The van der Waals surface area contributed by atoms with Crippen molar-refractivity contribution in [1.29, 1.82) is 0 Å². The topological polar surface area (TPSA) is 54.0 Å². The Kier molecular flexibility index (Phi) is 4.26. The second-order valence-electron chi connectivity index (χ2n) is 4.37. The van der Waals surface area contributed by atoms with Crippen LogP contribution in [-0.4, -0.2) is 17.9 Å². The summed E-state index contributed by atoms with van der Waals surface area (Å²) in [7, 11) is 1.90. The van der Waals surface area contributed by atoms with E-state index in [4.69, 9.17) is 0 Å². The van der Waals surface area contributed by atoms with Crippen LogP contribution < -0.4 is 10.6 Å². The predicted octanol–water partition coefficient (Wildman–Crippen LogP) is 2.36. The molecule has 0 fully saturated rings. The fourth-order valence-corrected chi connectivity index (χ4v) is 1.80. The van der Waals surface area contributed by atoms with Gasteiger partial charge in [-0.15, -0.1) is 0 Å². The minimum absolute atomic E-state index is 0.119. The van der Waals surface area contributed by atoms with E-state index in [2.05, 4.69) is 15.6 Å². The summed E-state index contributed by atoms with van der Waals surface area (Å²) in [4.78, 5) is 16.1. The van der Waals surface area contributed by atoms with Crippen LogP contribution in [0.5, 0.6) is 0 Å². The normalized spacial score (nSPS) is 10.2. The molecule has 2 rings (SSSR count). The Bertz CT molecular complexity index is 564. The van der Waals surface area contributed by atoms with Gasteiger partial charge in [-0.3, -0.25) is 9.78 Å². The zero-order chi connectivity index (χ0) is 13.7. The summed E-state index contributed by atoms with van der Waals surface area (Å²) in [5.41, 5.74) is 3.42. The first kappa shape index (κ1) is 13.2. The molecule has 0 unspecified atom stereocenters. The van der Waals surface area contributed by atoms with Crippen LogP contribution in [0.3, 0.4) is 0 Å². The lowest BCUT2D eigenvalue weighted by molar-refractivity contribution is 0.102. The molecule has 98 valence electrons. The average molecular weight is 255 g/mol. The first-order valence-corrected chi connectivity index (χ1v) is 6.16. The molecule has 1 aromatic heterocycles. The first-order chi connectivity index (χ1) is 9.19. The number of benzene rings is 1. The fourth-order valence-electron chi connectivity index (χ4n) is 1.80. The third kappa shape index (κ3) is 3.63. The molecule has 0 aliphatic rings. The molecule has 19 heavy (non-hydrogen) atoms. The highest BCUT2D eigenvalue weighted by molar-refractivity contribution is 6.04. The number of amides is 1. The number of hydrogen-bond donors (Lipinski definition) is 2. The van der Waals surface area contributed by atoms with Crippen LogP contribution in [0.25, 0.3) is 0 Å². The Hall–Kier alpha value is -2.20. The zero-order valence-corrected chi connectivity index (χ0v) is 11.1. The van der Waals surface area contributed by atoms with Gasteiger partial charge in [-0.2, -0.15) is 0 Å². The van der Waals surface area contributed by atoms with Crippen molar-refractivity contribution in [3.63, 3.8) is 0 Å². The van der Waals surface area contributed by atoms with Crippen molar-refractivity contribution in [2.24, 2.45) is 0 Å². The van der Waals surface area contributed by atoms with Crippen LogP contribution in [0.1, 0.15) is 21.6 Å². The molecule has 0 saturated heterocycles. The number of anilines is 1. The highest BCUT2D eigenvalue weighted by atomic mass is 16.1. The van der Waals surface area contributed by atoms with Crippen LogP contribution in [0.15, 0.2) is 42.6 Å². The molecule has 2 N–H and O–H groups in total. The molecule has 1 amide bonds. The maximum atomic E-state index is 12.0. The highest BCUT2D eigenvalue weighted by Gasteiger charge is 2.06. The Labute approximate surface area is 112 Å². The van der Waals surface area contributed by atoms with E-state index in [1.54, 1.807) is 18.3 Å². The second kappa shape index (κ2) is 6.11. The van der Waals surface area contributed by atoms with Gasteiger partial charge in [0.05, 0.1) is 0 Å². The van der Waals surface area contributed by atoms with Gasteiger partial charge in [-0.25, -0.2) is 0 Å². The minimum Gasteiger partial charge on any atom is -0.322 e. The number of carbonyl (C=O) groups excluding carboxylic acids is 1. The number of pyridine rings is 1. The van der Waals surface area contributed by atoms with Crippen LogP contribution in [0, 0.1) is 6.92 Å². The van der Waals surface area contributed by atoms with Crippen molar-refractivity contribution in [2.45, 2.75) is 13.5 Å². The van der Waals surface area contributed by atoms with Gasteiger partial charge in [0, 0.05) is 29.7 Å². The van der Waals surface area contributed by atoms with Crippen molar-refractivity contribution < 1.29 is 4.79 Å². The van der Waals surface area contributed by atoms with Crippen molar-refractivity contribution in [3.05, 3.63) is 59.4 Å². The quantitative estimate of drug-likeness (QED) is 0.881. The maximum absolute atomic E-state index is 12.0. The first-order valence-electron chi connectivity index (χ1n) is 6.16. The third-order valence-electron chi connectivity index (χ3n) is 2.75. The molecule has 0 aliphatic carbocycles. The van der Waals surface area contributed by atoms with E-state index in [1.807, 2.05) is 38.2 Å². The van der Waals surface area contributed by atoms with Gasteiger partial charge in [0.2, 0.25) is 0 Å². The van der Waals surface area contributed by atoms with Gasteiger partial charge in [0.1, 0.15) is 0 Å². The summed E-state index contributed by atoms with van der Waals surface area (Å²) < 4.78 is 0. The van der Waals surface area contributed by atoms with Gasteiger partial charge in [-0.05, 0) is 43.8 Å². The molecule has 1 heterocycles. The molecule has 4 nitrogen and oxygen atoms in total. The van der Waals surface area contributed by atoms with Crippen molar-refractivity contribution >= 4 is 11.6 Å². The van der Waals surface area contributed by atoms with E-state index in [9.17, 15) is 4.79 Å². The van der Waals surface area contributed by atoms with E-state index < -0.39 is 0 Å². The van der Waals surface area contributed by atoms with E-state index in [0.717, 1.165) is 17.9 Å². The Morgan fingerprint density at radius 1 is 1.21 bits per heavy atom. The van der Waals surface area contributed by atoms with Crippen LogP contribution >= 0.6 is 0 Å². The Morgan fingerprint density at radius 2 is 1.95 bits per heavy atom. The standard InChI is InChI=1S/C15H17N3O/c1-11-9-13(7-8-17-11)15(19)18-14-5-3-12(4-6-14)10-16-2/h3-9,16H,10H2,1-2H3,(H,18,19). The number of hydrogen-bond acceptors (Lipinski definition) is 3. The van der Waals surface area contributed by atoms with Gasteiger partial charge in [0.25, 0.3) is 5.91 Å². The molecule has 0 atom stereocenters. The number of nitrogens with zero attached hydrogens (tertiary/aromatic N) is 1. The lowest BCUT2D eigenvalue weighted by atomic mass is 10.2. The Morgan fingerprint density at radius 3 is 2.58 bits per heavy atom. The van der Waals surface area contributed by atoms with E-state index >= 15 is 0 Å². The van der Waals surface area contributed by atoms with Gasteiger partial charge >= 0.3 is 0 Å². The number of rotatable bonds is 4. The number of nitrogens with one attached hydrogen (secondary N) is 2. The summed E-state index contributed by atoms with van der Waals surface area (Å²) in [6, 6.07) is 11.3. The maximum Gasteiger partial charge on any atom is 0.255 e. The molecule has 0 saturated carbocycles. The molecule has 0 radical (unpaired) electrons. The molecular weight excluding hydrogens is 238 g/mol. The number of aryl methyl sites for hydroxylation is 1. The van der Waals surface area contributed by atoms with Gasteiger partial charge < -0.3 is 10.6 Å². The number of aromatic nitrogens is 1. The largest absolute Gasteiger partial charge is 0.322 e. The molecule has 0 aliphatic heterocycles. The average Bonchev–Trinajstić information content (AvgIpc) is 2.41. The Balaban J connectivity index is 2.06. The SMILES string of the molecule is CNCc1ccc(NC(=O)c2ccnc(C)c2)cc1. The second-order valence-corrected chi connectivity index (χ2v) is 4.37. The van der Waals surface area contributed by atoms with E-state index in [0.29, 0.717) is 5.56 Å². The van der Waals surface area contributed by atoms with E-state index in [1.165, 1.54) is 5.56 Å². The smallest absolute Gasteiger partial charge is 0.255 e. The molecule has 2 aromatic rings. The van der Waals surface area contributed by atoms with Crippen LogP contribution in [0.2, 0.25) is 0 Å².